The summed E-state index contributed by atoms with van der Waals surface area (Å²) in [5.41, 5.74) is 2.29. The van der Waals surface area contributed by atoms with Gasteiger partial charge in [0.2, 0.25) is 0 Å². The van der Waals surface area contributed by atoms with E-state index in [0.29, 0.717) is 19.0 Å². The van der Waals surface area contributed by atoms with Gasteiger partial charge >= 0.3 is 12.0 Å². The number of carbonyl (C=O) groups is 2. The smallest absolute Gasteiger partial charge is 0.335 e. The third-order valence-corrected chi connectivity index (χ3v) is 4.50. The number of rotatable bonds is 1. The Morgan fingerprint density at radius 2 is 1.76 bits per heavy atom. The maximum atomic E-state index is 12.5. The Bertz CT molecular complexity index is 577. The van der Waals surface area contributed by atoms with Crippen molar-refractivity contribution in [3.05, 3.63) is 34.9 Å². The highest BCUT2D eigenvalue weighted by molar-refractivity contribution is 5.88. The Hall–Kier alpha value is -2.04. The van der Waals surface area contributed by atoms with Crippen LogP contribution in [0.3, 0.4) is 0 Å². The lowest BCUT2D eigenvalue weighted by molar-refractivity contribution is 0.0696. The molecule has 2 aliphatic heterocycles. The Morgan fingerprint density at radius 3 is 2.43 bits per heavy atom. The second kappa shape index (κ2) is 5.39. The van der Waals surface area contributed by atoms with Gasteiger partial charge in [-0.25, -0.2) is 9.59 Å². The summed E-state index contributed by atoms with van der Waals surface area (Å²) in [7, 11) is 0. The van der Waals surface area contributed by atoms with Gasteiger partial charge < -0.3 is 14.9 Å². The SMILES string of the molecule is CC1CCN(C(=O)N2Cc3ccc(C(=O)O)cc3C2)CC1. The van der Waals surface area contributed by atoms with Crippen LogP contribution in [0.4, 0.5) is 4.79 Å². The zero-order valence-electron chi connectivity index (χ0n) is 12.2. The van der Waals surface area contributed by atoms with Gasteiger partial charge in [-0.05, 0) is 42.0 Å². The standard InChI is InChI=1S/C16H20N2O3/c1-11-4-6-17(7-5-11)16(21)18-9-13-3-2-12(15(19)20)8-14(13)10-18/h2-3,8,11H,4-7,9-10H2,1H3,(H,19,20). The average Bonchev–Trinajstić information content (AvgIpc) is 2.90. The molecule has 1 saturated heterocycles. The van der Waals surface area contributed by atoms with E-state index in [1.807, 2.05) is 15.9 Å². The van der Waals surface area contributed by atoms with Crippen LogP contribution in [0.2, 0.25) is 0 Å². The van der Waals surface area contributed by atoms with Gasteiger partial charge in [-0.15, -0.1) is 0 Å². The van der Waals surface area contributed by atoms with Crippen molar-refractivity contribution < 1.29 is 14.7 Å². The van der Waals surface area contributed by atoms with Crippen LogP contribution < -0.4 is 0 Å². The zero-order valence-corrected chi connectivity index (χ0v) is 12.2. The van der Waals surface area contributed by atoms with Crippen molar-refractivity contribution in [3.63, 3.8) is 0 Å². The first kappa shape index (κ1) is 13.9. The van der Waals surface area contributed by atoms with E-state index in [0.717, 1.165) is 37.1 Å². The van der Waals surface area contributed by atoms with Crippen molar-refractivity contribution in [2.75, 3.05) is 13.1 Å². The molecule has 2 heterocycles. The first-order chi connectivity index (χ1) is 10.0. The second-order valence-electron chi connectivity index (χ2n) is 6.10. The van der Waals surface area contributed by atoms with Crippen LogP contribution in [-0.2, 0) is 13.1 Å². The normalized spacial score (nSPS) is 18.7. The number of hydrogen-bond donors (Lipinski definition) is 1. The van der Waals surface area contributed by atoms with Gasteiger partial charge in [-0.1, -0.05) is 13.0 Å². The lowest BCUT2D eigenvalue weighted by Crippen LogP contribution is -2.44. The van der Waals surface area contributed by atoms with E-state index in [2.05, 4.69) is 6.92 Å². The molecule has 21 heavy (non-hydrogen) atoms. The number of carboxylic acid groups (broad SMARTS) is 1. The molecule has 2 aliphatic rings. The lowest BCUT2D eigenvalue weighted by atomic mass is 10.00. The van der Waals surface area contributed by atoms with E-state index < -0.39 is 5.97 Å². The van der Waals surface area contributed by atoms with Crippen LogP contribution in [0.15, 0.2) is 18.2 Å². The molecule has 0 aliphatic carbocycles. The highest BCUT2D eigenvalue weighted by Crippen LogP contribution is 2.26. The highest BCUT2D eigenvalue weighted by Gasteiger charge is 2.29. The minimum Gasteiger partial charge on any atom is -0.478 e. The summed E-state index contributed by atoms with van der Waals surface area (Å²) in [6.45, 7) is 4.98. The summed E-state index contributed by atoms with van der Waals surface area (Å²) in [5.74, 6) is -0.226. The number of benzene rings is 1. The Labute approximate surface area is 124 Å². The molecule has 112 valence electrons. The monoisotopic (exact) mass is 288 g/mol. The fraction of sp³-hybridized carbons (Fsp3) is 0.500. The third-order valence-electron chi connectivity index (χ3n) is 4.50. The predicted molar refractivity (Wildman–Crippen MR) is 78.0 cm³/mol. The van der Waals surface area contributed by atoms with Gasteiger partial charge in [0.1, 0.15) is 0 Å². The van der Waals surface area contributed by atoms with Gasteiger partial charge in [-0.3, -0.25) is 0 Å². The van der Waals surface area contributed by atoms with Crippen LogP contribution in [0.5, 0.6) is 0 Å². The Kier molecular flexibility index (Phi) is 3.57. The van der Waals surface area contributed by atoms with E-state index in [-0.39, 0.29) is 11.6 Å². The highest BCUT2D eigenvalue weighted by atomic mass is 16.4. The number of hydrogen-bond acceptors (Lipinski definition) is 2. The van der Waals surface area contributed by atoms with Crippen LogP contribution >= 0.6 is 0 Å². The summed E-state index contributed by atoms with van der Waals surface area (Å²) in [4.78, 5) is 27.3. The van der Waals surface area contributed by atoms with Crippen LogP contribution in [0.1, 0.15) is 41.3 Å². The summed E-state index contributed by atoms with van der Waals surface area (Å²) in [6.07, 6.45) is 2.13. The van der Waals surface area contributed by atoms with E-state index >= 15 is 0 Å². The molecule has 2 amide bonds. The number of likely N-dealkylation sites (tertiary alicyclic amines) is 1. The summed E-state index contributed by atoms with van der Waals surface area (Å²) < 4.78 is 0. The molecule has 1 fully saturated rings. The molecule has 5 heteroatoms. The maximum Gasteiger partial charge on any atom is 0.335 e. The molecule has 3 rings (SSSR count). The number of nitrogens with zero attached hydrogens (tertiary/aromatic N) is 2. The number of fused-ring (bicyclic) bond motifs is 1. The molecule has 0 radical (unpaired) electrons. The van der Waals surface area contributed by atoms with Gasteiger partial charge in [-0.2, -0.15) is 0 Å². The van der Waals surface area contributed by atoms with Crippen molar-refractivity contribution >= 4 is 12.0 Å². The van der Waals surface area contributed by atoms with Gasteiger partial charge in [0.15, 0.2) is 0 Å². The Balaban J connectivity index is 1.69. The average molecular weight is 288 g/mol. The maximum absolute atomic E-state index is 12.5. The van der Waals surface area contributed by atoms with E-state index in [4.69, 9.17) is 5.11 Å². The first-order valence-corrected chi connectivity index (χ1v) is 7.43. The van der Waals surface area contributed by atoms with E-state index in [1.54, 1.807) is 12.1 Å². The Morgan fingerprint density at radius 1 is 1.10 bits per heavy atom. The molecular weight excluding hydrogens is 268 g/mol. The number of amides is 2. The molecule has 0 bridgehead atoms. The van der Waals surface area contributed by atoms with Gasteiger partial charge in [0.05, 0.1) is 5.56 Å². The van der Waals surface area contributed by atoms with Gasteiger partial charge in [0.25, 0.3) is 0 Å². The fourth-order valence-electron chi connectivity index (χ4n) is 3.06. The van der Waals surface area contributed by atoms with Gasteiger partial charge in [0, 0.05) is 26.2 Å². The molecule has 0 aromatic heterocycles. The summed E-state index contributed by atoms with van der Waals surface area (Å²) in [6, 6.07) is 5.20. The number of carbonyl (C=O) groups excluding carboxylic acids is 1. The van der Waals surface area contributed by atoms with Crippen LogP contribution in [-0.4, -0.2) is 40.0 Å². The number of piperidine rings is 1. The zero-order chi connectivity index (χ0) is 15.0. The van der Waals surface area contributed by atoms with E-state index in [1.165, 1.54) is 0 Å². The topological polar surface area (TPSA) is 60.9 Å². The largest absolute Gasteiger partial charge is 0.478 e. The molecule has 0 atom stereocenters. The number of aromatic carboxylic acids is 1. The number of carboxylic acids is 1. The minimum absolute atomic E-state index is 0.0787. The molecule has 0 saturated carbocycles. The predicted octanol–water partition coefficient (Wildman–Crippen LogP) is 2.55. The third kappa shape index (κ3) is 2.73. The van der Waals surface area contributed by atoms with Crippen molar-refractivity contribution in [1.29, 1.82) is 0 Å². The van der Waals surface area contributed by atoms with Crippen molar-refractivity contribution in [1.82, 2.24) is 9.80 Å². The van der Waals surface area contributed by atoms with Crippen molar-refractivity contribution in [3.8, 4) is 0 Å². The minimum atomic E-state index is -0.924. The molecule has 1 N–H and O–H groups in total. The van der Waals surface area contributed by atoms with Crippen LogP contribution in [0, 0.1) is 5.92 Å². The lowest BCUT2D eigenvalue weighted by Gasteiger charge is -2.33. The summed E-state index contributed by atoms with van der Waals surface area (Å²) in [5, 5.41) is 9.03. The molecule has 5 nitrogen and oxygen atoms in total. The van der Waals surface area contributed by atoms with Crippen molar-refractivity contribution in [2.45, 2.75) is 32.9 Å². The van der Waals surface area contributed by atoms with E-state index in [9.17, 15) is 9.59 Å². The quantitative estimate of drug-likeness (QED) is 0.864. The summed E-state index contributed by atoms with van der Waals surface area (Å²) >= 11 is 0. The second-order valence-corrected chi connectivity index (χ2v) is 6.10. The fourth-order valence-corrected chi connectivity index (χ4v) is 3.06. The van der Waals surface area contributed by atoms with Crippen LogP contribution in [0.25, 0.3) is 0 Å². The molecule has 0 spiro atoms. The van der Waals surface area contributed by atoms with Crippen molar-refractivity contribution in [2.24, 2.45) is 5.92 Å². The molecule has 0 unspecified atom stereocenters. The first-order valence-electron chi connectivity index (χ1n) is 7.43. The molecule has 1 aromatic rings. The number of urea groups is 1. The molecular formula is C16H20N2O3. The molecule has 1 aromatic carbocycles.